The first-order chi connectivity index (χ1) is 20.1. The van der Waals surface area contributed by atoms with Gasteiger partial charge in [-0.2, -0.15) is 10.2 Å². The first kappa shape index (κ1) is 30.5. The fourth-order valence-corrected chi connectivity index (χ4v) is 4.66. The average Bonchev–Trinajstić information content (AvgIpc) is 2.96. The van der Waals surface area contributed by atoms with Crippen molar-refractivity contribution in [2.45, 2.75) is 20.3 Å². The highest BCUT2D eigenvalue weighted by atomic mass is 35.5. The molecule has 5 rings (SSSR count). The molecule has 0 aliphatic rings. The highest BCUT2D eigenvalue weighted by Gasteiger charge is 2.10. The zero-order valence-electron chi connectivity index (χ0n) is 22.9. The molecule has 0 unspecified atom stereocenters. The van der Waals surface area contributed by atoms with Crippen molar-refractivity contribution in [2.75, 3.05) is 23.3 Å². The van der Waals surface area contributed by atoms with E-state index in [1.165, 1.54) is 0 Å². The summed E-state index contributed by atoms with van der Waals surface area (Å²) in [6, 6.07) is 24.5. The van der Waals surface area contributed by atoms with Gasteiger partial charge < -0.3 is 16.8 Å². The molecule has 2 heterocycles. The molecule has 5 N–H and O–H groups in total. The summed E-state index contributed by atoms with van der Waals surface area (Å²) in [5.74, 6) is 1.03. The zero-order valence-corrected chi connectivity index (χ0v) is 25.1. The molecule has 212 valence electrons. The molecule has 0 aliphatic carbocycles. The van der Waals surface area contributed by atoms with Crippen LogP contribution in [-0.2, 0) is 6.42 Å². The van der Waals surface area contributed by atoms with Crippen LogP contribution in [-0.4, -0.2) is 26.5 Å². The van der Waals surface area contributed by atoms with Gasteiger partial charge in [0.05, 0.1) is 23.0 Å². The first-order valence-electron chi connectivity index (χ1n) is 12.8. The van der Waals surface area contributed by atoms with Crippen LogP contribution in [0.5, 0.6) is 0 Å². The monoisotopic (exact) mass is 616 g/mol. The summed E-state index contributed by atoms with van der Waals surface area (Å²) in [5, 5.41) is 13.8. The number of benzene rings is 3. The van der Waals surface area contributed by atoms with Gasteiger partial charge in [-0.15, -0.1) is 0 Å². The maximum atomic E-state index is 8.84. The van der Waals surface area contributed by atoms with Crippen LogP contribution in [0.4, 0.5) is 17.7 Å². The molecule has 0 bridgehead atoms. The molecule has 8 nitrogen and oxygen atoms in total. The van der Waals surface area contributed by atoms with Gasteiger partial charge in [0.1, 0.15) is 11.0 Å². The number of nitriles is 1. The van der Waals surface area contributed by atoms with E-state index in [0.29, 0.717) is 38.8 Å². The van der Waals surface area contributed by atoms with Gasteiger partial charge >= 0.3 is 0 Å². The topological polar surface area (TPSA) is 139 Å². The van der Waals surface area contributed by atoms with Crippen molar-refractivity contribution in [3.63, 3.8) is 0 Å². The normalized spacial score (nSPS) is 10.4. The van der Waals surface area contributed by atoms with Crippen LogP contribution in [0.3, 0.4) is 0 Å². The fourth-order valence-electron chi connectivity index (χ4n) is 4.12. The molecule has 0 saturated carbocycles. The Bertz CT molecular complexity index is 1730. The third-order valence-electron chi connectivity index (χ3n) is 6.35. The highest BCUT2D eigenvalue weighted by Crippen LogP contribution is 2.29. The van der Waals surface area contributed by atoms with Crippen molar-refractivity contribution in [2.24, 2.45) is 0 Å². The maximum Gasteiger partial charge on any atom is 0.222 e. The van der Waals surface area contributed by atoms with Gasteiger partial charge in [-0.25, -0.2) is 15.0 Å². The summed E-state index contributed by atoms with van der Waals surface area (Å²) in [6.07, 6.45) is 0.807. The van der Waals surface area contributed by atoms with Crippen molar-refractivity contribution < 1.29 is 0 Å². The Morgan fingerprint density at radius 1 is 0.738 bits per heavy atom. The second kappa shape index (κ2) is 14.0. The molecule has 0 saturated heterocycles. The third-order valence-corrected chi connectivity index (χ3v) is 7.36. The Morgan fingerprint density at radius 3 is 1.83 bits per heavy atom. The molecule has 0 aliphatic heterocycles. The first-order valence-corrected chi connectivity index (χ1v) is 14.0. The molecule has 11 heteroatoms. The van der Waals surface area contributed by atoms with Crippen molar-refractivity contribution in [3.05, 3.63) is 110 Å². The van der Waals surface area contributed by atoms with Crippen LogP contribution in [0.25, 0.3) is 22.5 Å². The van der Waals surface area contributed by atoms with Crippen molar-refractivity contribution >= 4 is 52.5 Å². The largest absolute Gasteiger partial charge is 0.370 e. The SMILES string of the molecule is Cc1c(Cl)cccc1-c1cc(Cl)nc(N)n1.Cc1c(Cl)cccc1-c1cc(NCCc2ccc(C#N)cc2)nc(N)n1. The highest BCUT2D eigenvalue weighted by molar-refractivity contribution is 6.32. The van der Waals surface area contributed by atoms with Gasteiger partial charge in [0.25, 0.3) is 0 Å². The maximum absolute atomic E-state index is 8.84. The van der Waals surface area contributed by atoms with Crippen molar-refractivity contribution in [1.29, 1.82) is 5.26 Å². The van der Waals surface area contributed by atoms with Crippen LogP contribution in [0.2, 0.25) is 15.2 Å². The Morgan fingerprint density at radius 2 is 1.29 bits per heavy atom. The molecule has 0 amide bonds. The lowest BCUT2D eigenvalue weighted by molar-refractivity contribution is 1.00. The molecule has 42 heavy (non-hydrogen) atoms. The summed E-state index contributed by atoms with van der Waals surface area (Å²) in [7, 11) is 0. The van der Waals surface area contributed by atoms with Crippen LogP contribution in [0, 0.1) is 25.2 Å². The van der Waals surface area contributed by atoms with E-state index < -0.39 is 0 Å². The predicted octanol–water partition coefficient (Wildman–Crippen LogP) is 7.55. The van der Waals surface area contributed by atoms with Gasteiger partial charge in [0.15, 0.2) is 0 Å². The average molecular weight is 618 g/mol. The molecule has 3 aromatic carbocycles. The number of halogens is 3. The van der Waals surface area contributed by atoms with E-state index in [1.54, 1.807) is 6.07 Å². The van der Waals surface area contributed by atoms with Crippen molar-refractivity contribution in [1.82, 2.24) is 19.9 Å². The summed E-state index contributed by atoms with van der Waals surface area (Å²) >= 11 is 18.1. The summed E-state index contributed by atoms with van der Waals surface area (Å²) in [5.41, 5.74) is 18.4. The number of hydrogen-bond donors (Lipinski definition) is 3. The van der Waals surface area contributed by atoms with E-state index in [9.17, 15) is 0 Å². The second-order valence-corrected chi connectivity index (χ2v) is 10.4. The standard InChI is InChI=1S/C20H18ClN5.C11H9Cl2N3/c1-13-16(3-2-4-17(13)21)18-11-19(26-20(23)25-18)24-10-9-14-5-7-15(12-22)8-6-14;1-6-7(3-2-4-8(6)12)9-5-10(13)16-11(14)15-9/h2-8,11H,9-10H2,1H3,(H3,23,24,25,26);2-5H,1H3,(H2,14,15,16). The van der Waals surface area contributed by atoms with Gasteiger partial charge in [0.2, 0.25) is 11.9 Å². The molecule has 0 radical (unpaired) electrons. The van der Waals surface area contributed by atoms with E-state index in [-0.39, 0.29) is 11.9 Å². The molecular formula is C31H27Cl3N8. The lowest BCUT2D eigenvalue weighted by atomic mass is 10.1. The summed E-state index contributed by atoms with van der Waals surface area (Å²) < 4.78 is 0. The van der Waals surface area contributed by atoms with E-state index in [4.69, 9.17) is 51.5 Å². The van der Waals surface area contributed by atoms with Gasteiger partial charge in [-0.05, 0) is 61.2 Å². The number of hydrogen-bond acceptors (Lipinski definition) is 8. The Kier molecular flexibility index (Phi) is 10.2. The molecule has 0 atom stereocenters. The van der Waals surface area contributed by atoms with Crippen LogP contribution >= 0.6 is 34.8 Å². The Hall–Kier alpha value is -4.42. The van der Waals surface area contributed by atoms with Crippen LogP contribution in [0.1, 0.15) is 22.3 Å². The van der Waals surface area contributed by atoms with Gasteiger partial charge in [0, 0.05) is 39.8 Å². The molecule has 2 aromatic heterocycles. The second-order valence-electron chi connectivity index (χ2n) is 9.24. The minimum absolute atomic E-state index is 0.155. The zero-order chi connectivity index (χ0) is 30.2. The number of nitrogens with zero attached hydrogens (tertiary/aromatic N) is 5. The fraction of sp³-hybridized carbons (Fsp3) is 0.129. The number of anilines is 3. The van der Waals surface area contributed by atoms with E-state index in [0.717, 1.165) is 39.9 Å². The summed E-state index contributed by atoms with van der Waals surface area (Å²) in [4.78, 5) is 16.5. The van der Waals surface area contributed by atoms with E-state index in [1.807, 2.05) is 80.6 Å². The quantitative estimate of drug-likeness (QED) is 0.166. The molecule has 5 aromatic rings. The van der Waals surface area contributed by atoms with E-state index in [2.05, 4.69) is 31.3 Å². The van der Waals surface area contributed by atoms with E-state index >= 15 is 0 Å². The molecule has 0 fully saturated rings. The van der Waals surface area contributed by atoms with Crippen LogP contribution in [0.15, 0.2) is 72.8 Å². The summed E-state index contributed by atoms with van der Waals surface area (Å²) in [6.45, 7) is 4.56. The Labute approximate surface area is 259 Å². The molecular weight excluding hydrogens is 591 g/mol. The minimum Gasteiger partial charge on any atom is -0.370 e. The van der Waals surface area contributed by atoms with Crippen molar-refractivity contribution in [3.8, 4) is 28.6 Å². The lowest BCUT2D eigenvalue weighted by Crippen LogP contribution is -2.08. The smallest absolute Gasteiger partial charge is 0.222 e. The number of nitrogens with two attached hydrogens (primary N) is 2. The number of nitrogen functional groups attached to an aromatic ring is 2. The lowest BCUT2D eigenvalue weighted by Gasteiger charge is -2.11. The number of aromatic nitrogens is 4. The Balaban J connectivity index is 0.000000216. The third kappa shape index (κ3) is 7.86. The van der Waals surface area contributed by atoms with Gasteiger partial charge in [-0.3, -0.25) is 0 Å². The predicted molar refractivity (Wildman–Crippen MR) is 172 cm³/mol. The van der Waals surface area contributed by atoms with Gasteiger partial charge in [-0.1, -0.05) is 71.2 Å². The van der Waals surface area contributed by atoms with Crippen LogP contribution < -0.4 is 16.8 Å². The minimum atomic E-state index is 0.155. The number of nitrogens with one attached hydrogen (secondary N) is 1. The number of rotatable bonds is 6. The molecule has 0 spiro atoms.